The van der Waals surface area contributed by atoms with E-state index in [1.807, 2.05) is 18.0 Å². The average Bonchev–Trinajstić information content (AvgIpc) is 2.85. The van der Waals surface area contributed by atoms with Crippen LogP contribution in [0.15, 0.2) is 20.9 Å². The summed E-state index contributed by atoms with van der Waals surface area (Å²) in [5.41, 5.74) is 0. The fraction of sp³-hybridized carbons (Fsp3) is 0.538. The van der Waals surface area contributed by atoms with Gasteiger partial charge in [-0.15, -0.1) is 35.3 Å². The van der Waals surface area contributed by atoms with E-state index in [4.69, 9.17) is 4.74 Å². The Bertz CT molecular complexity index is 484. The van der Waals surface area contributed by atoms with E-state index in [0.29, 0.717) is 19.1 Å². The molecule has 126 valence electrons. The molecule has 1 rings (SSSR count). The van der Waals surface area contributed by atoms with Gasteiger partial charge in [0, 0.05) is 32.6 Å². The van der Waals surface area contributed by atoms with Crippen molar-refractivity contribution < 1.29 is 9.53 Å². The van der Waals surface area contributed by atoms with Gasteiger partial charge in [0.15, 0.2) is 5.96 Å². The first-order valence-electron chi connectivity index (χ1n) is 6.48. The van der Waals surface area contributed by atoms with Crippen LogP contribution in [0, 0.1) is 0 Å². The molecule has 0 unspecified atom stereocenters. The third-order valence-corrected chi connectivity index (χ3v) is 4.24. The predicted molar refractivity (Wildman–Crippen MR) is 105 cm³/mol. The summed E-state index contributed by atoms with van der Waals surface area (Å²) in [6.07, 6.45) is 0. The number of carbonyl (C=O) groups excluding carboxylic acids is 1. The lowest BCUT2D eigenvalue weighted by atomic mass is 10.4. The van der Waals surface area contributed by atoms with Gasteiger partial charge in [-0.1, -0.05) is 0 Å². The van der Waals surface area contributed by atoms with Crippen molar-refractivity contribution >= 4 is 63.1 Å². The summed E-state index contributed by atoms with van der Waals surface area (Å²) in [5.74, 6) is 0.599. The van der Waals surface area contributed by atoms with Crippen LogP contribution in [0.3, 0.4) is 0 Å². The molecule has 0 saturated heterocycles. The van der Waals surface area contributed by atoms with Gasteiger partial charge in [-0.05, 0) is 28.1 Å². The Kier molecular flexibility index (Phi) is 11.9. The number of hydrogen-bond acceptors (Lipinski definition) is 4. The molecular formula is C13H22BrIN4O2S. The average molecular weight is 505 g/mol. The van der Waals surface area contributed by atoms with E-state index in [9.17, 15) is 4.79 Å². The van der Waals surface area contributed by atoms with E-state index in [2.05, 4.69) is 37.6 Å². The van der Waals surface area contributed by atoms with Crippen LogP contribution in [0.5, 0.6) is 0 Å². The Morgan fingerprint density at radius 3 is 2.73 bits per heavy atom. The molecule has 1 heterocycles. The second kappa shape index (κ2) is 12.1. The molecule has 0 aromatic carbocycles. The van der Waals surface area contributed by atoms with Gasteiger partial charge in [-0.25, -0.2) is 0 Å². The van der Waals surface area contributed by atoms with Crippen molar-refractivity contribution in [2.75, 3.05) is 40.9 Å². The zero-order valence-corrected chi connectivity index (χ0v) is 17.6. The molecule has 0 fully saturated rings. The summed E-state index contributed by atoms with van der Waals surface area (Å²) in [5, 5.41) is 5.79. The Balaban J connectivity index is 0.00000441. The third-order valence-electron chi connectivity index (χ3n) is 2.63. The summed E-state index contributed by atoms with van der Waals surface area (Å²) >= 11 is 5.13. The van der Waals surface area contributed by atoms with Gasteiger partial charge in [0.1, 0.15) is 0 Å². The first-order chi connectivity index (χ1) is 10.1. The maximum absolute atomic E-state index is 11.6. The highest BCUT2D eigenvalue weighted by Crippen LogP contribution is 2.22. The number of guanidine groups is 1. The summed E-state index contributed by atoms with van der Waals surface area (Å²) in [4.78, 5) is 19.0. The van der Waals surface area contributed by atoms with Crippen molar-refractivity contribution in [3.05, 3.63) is 20.8 Å². The van der Waals surface area contributed by atoms with Crippen LogP contribution in [-0.2, 0) is 16.1 Å². The minimum atomic E-state index is -0.0829. The van der Waals surface area contributed by atoms with Crippen LogP contribution in [0.25, 0.3) is 0 Å². The molecule has 9 heteroatoms. The van der Waals surface area contributed by atoms with Gasteiger partial charge < -0.3 is 20.3 Å². The van der Waals surface area contributed by atoms with Crippen molar-refractivity contribution in [1.82, 2.24) is 15.5 Å². The van der Waals surface area contributed by atoms with E-state index in [1.54, 1.807) is 25.5 Å². The highest BCUT2D eigenvalue weighted by molar-refractivity contribution is 14.0. The minimum absolute atomic E-state index is 0. The summed E-state index contributed by atoms with van der Waals surface area (Å²) in [6, 6.07) is 4.09. The fourth-order valence-electron chi connectivity index (χ4n) is 1.64. The van der Waals surface area contributed by atoms with Crippen molar-refractivity contribution in [3.8, 4) is 0 Å². The molecule has 0 bridgehead atoms. The molecule has 0 spiro atoms. The number of aliphatic imine (C=N–C) groups is 1. The zero-order valence-electron chi connectivity index (χ0n) is 12.9. The zero-order chi connectivity index (χ0) is 15.7. The quantitative estimate of drug-likeness (QED) is 0.257. The maximum atomic E-state index is 11.6. The predicted octanol–water partition coefficient (Wildman–Crippen LogP) is 1.90. The third kappa shape index (κ3) is 8.30. The maximum Gasteiger partial charge on any atom is 0.239 e. The molecule has 0 atom stereocenters. The molecule has 0 aliphatic heterocycles. The van der Waals surface area contributed by atoms with E-state index in [0.717, 1.165) is 10.3 Å². The minimum Gasteiger partial charge on any atom is -0.383 e. The lowest BCUT2D eigenvalue weighted by Crippen LogP contribution is -2.44. The van der Waals surface area contributed by atoms with Gasteiger partial charge in [-0.3, -0.25) is 9.79 Å². The number of nitrogens with zero attached hydrogens (tertiary/aromatic N) is 2. The topological polar surface area (TPSA) is 66.0 Å². The number of halogens is 2. The summed E-state index contributed by atoms with van der Waals surface area (Å²) in [6.45, 7) is 1.94. The van der Waals surface area contributed by atoms with Crippen LogP contribution >= 0.6 is 51.2 Å². The fourth-order valence-corrected chi connectivity index (χ4v) is 3.18. The second-order valence-electron chi connectivity index (χ2n) is 4.31. The smallest absolute Gasteiger partial charge is 0.239 e. The molecule has 0 aliphatic carbocycles. The highest BCUT2D eigenvalue weighted by atomic mass is 127. The summed E-state index contributed by atoms with van der Waals surface area (Å²) < 4.78 is 5.98. The summed E-state index contributed by atoms with van der Waals surface area (Å²) in [7, 11) is 5.24. The molecule has 1 aromatic rings. The number of rotatable bonds is 7. The van der Waals surface area contributed by atoms with Crippen molar-refractivity contribution in [2.45, 2.75) is 6.54 Å². The Hall–Kier alpha value is -0.390. The van der Waals surface area contributed by atoms with Crippen molar-refractivity contribution in [1.29, 1.82) is 0 Å². The van der Waals surface area contributed by atoms with Gasteiger partial charge >= 0.3 is 0 Å². The normalized spacial score (nSPS) is 10.8. The Morgan fingerprint density at radius 1 is 1.45 bits per heavy atom. The van der Waals surface area contributed by atoms with Crippen LogP contribution in [0.2, 0.25) is 0 Å². The molecule has 0 radical (unpaired) electrons. The molecule has 2 N–H and O–H groups in total. The van der Waals surface area contributed by atoms with E-state index in [-0.39, 0.29) is 36.4 Å². The number of nitrogens with one attached hydrogen (secondary N) is 2. The molecule has 0 saturated carbocycles. The first kappa shape index (κ1) is 21.6. The van der Waals surface area contributed by atoms with Gasteiger partial charge in [-0.2, -0.15) is 0 Å². The number of hydrogen-bond donors (Lipinski definition) is 2. The lowest BCUT2D eigenvalue weighted by Gasteiger charge is -2.21. The van der Waals surface area contributed by atoms with Crippen LogP contribution in [-0.4, -0.2) is 57.7 Å². The second-order valence-corrected chi connectivity index (χ2v) is 6.85. The number of thiophene rings is 1. The van der Waals surface area contributed by atoms with E-state index in [1.165, 1.54) is 4.88 Å². The molecule has 1 aromatic heterocycles. The molecule has 6 nitrogen and oxygen atoms in total. The van der Waals surface area contributed by atoms with Gasteiger partial charge in [0.05, 0.1) is 23.5 Å². The van der Waals surface area contributed by atoms with Crippen LogP contribution < -0.4 is 10.6 Å². The van der Waals surface area contributed by atoms with Crippen molar-refractivity contribution in [2.24, 2.45) is 4.99 Å². The lowest BCUT2D eigenvalue weighted by molar-refractivity contribution is -0.120. The van der Waals surface area contributed by atoms with Gasteiger partial charge in [0.2, 0.25) is 5.91 Å². The molecule has 0 aliphatic rings. The standard InChI is InChI=1S/C13H21BrN4O2S.HI/c1-15-13(17-8-12(19)16-6-7-20-3)18(2)9-10-4-5-11(14)21-10;/h4-5H,6-9H2,1-3H3,(H,15,17)(H,16,19);1H. The number of methoxy groups -OCH3 is 1. The van der Waals surface area contributed by atoms with Crippen LogP contribution in [0.1, 0.15) is 4.88 Å². The molecule has 22 heavy (non-hydrogen) atoms. The van der Waals surface area contributed by atoms with Crippen LogP contribution in [0.4, 0.5) is 0 Å². The largest absolute Gasteiger partial charge is 0.383 e. The number of carbonyl (C=O) groups is 1. The Labute approximate surface area is 160 Å². The SMILES string of the molecule is CN=C(NCC(=O)NCCOC)N(C)Cc1ccc(Br)s1.I. The van der Waals surface area contributed by atoms with Crippen molar-refractivity contribution in [3.63, 3.8) is 0 Å². The monoisotopic (exact) mass is 504 g/mol. The highest BCUT2D eigenvalue weighted by Gasteiger charge is 2.09. The number of amides is 1. The van der Waals surface area contributed by atoms with E-state index >= 15 is 0 Å². The molecule has 1 amide bonds. The van der Waals surface area contributed by atoms with E-state index < -0.39 is 0 Å². The molecular weight excluding hydrogens is 483 g/mol. The Morgan fingerprint density at radius 2 is 2.18 bits per heavy atom. The first-order valence-corrected chi connectivity index (χ1v) is 8.09. The number of ether oxygens (including phenoxy) is 1. The van der Waals surface area contributed by atoms with Gasteiger partial charge in [0.25, 0.3) is 0 Å².